The number of hydrogen-bond donors (Lipinski definition) is 0. The number of aromatic nitrogens is 1. The lowest BCUT2D eigenvalue weighted by molar-refractivity contribution is 0.669. The molecule has 8 aromatic carbocycles. The minimum atomic E-state index is -2.36. The van der Waals surface area contributed by atoms with Gasteiger partial charge in [-0.25, -0.2) is 0 Å². The SMILES string of the molecule is CC(C)[Si](c1ccccc1)(c1ccccc1)c1cccc(-c2cccc(-c3ccc4oc5ccc(-n6c7ccccc7c7ccccc76)cc5c4c3)c2)c1. The molecular formula is C51H39NOSi. The molecule has 2 heterocycles. The first-order chi connectivity index (χ1) is 26.6. The molecule has 0 amide bonds. The van der Waals surface area contributed by atoms with Gasteiger partial charge >= 0.3 is 0 Å². The fraction of sp³-hybridized carbons (Fsp3) is 0.0588. The summed E-state index contributed by atoms with van der Waals surface area (Å²) in [6, 6.07) is 71.3. The van der Waals surface area contributed by atoms with Crippen molar-refractivity contribution in [2.24, 2.45) is 0 Å². The normalized spacial score (nSPS) is 12.1. The summed E-state index contributed by atoms with van der Waals surface area (Å²) < 4.78 is 8.79. The van der Waals surface area contributed by atoms with E-state index < -0.39 is 8.07 Å². The average Bonchev–Trinajstić information content (AvgIpc) is 3.77. The number of furan rings is 1. The maximum Gasteiger partial charge on any atom is 0.150 e. The predicted molar refractivity (Wildman–Crippen MR) is 232 cm³/mol. The van der Waals surface area contributed by atoms with Crippen molar-refractivity contribution < 1.29 is 4.42 Å². The van der Waals surface area contributed by atoms with E-state index in [9.17, 15) is 0 Å². The van der Waals surface area contributed by atoms with Crippen LogP contribution in [0, 0.1) is 0 Å². The van der Waals surface area contributed by atoms with E-state index in [1.165, 1.54) is 59.6 Å². The fourth-order valence-corrected chi connectivity index (χ4v) is 14.2. The summed E-state index contributed by atoms with van der Waals surface area (Å²) in [5, 5.41) is 9.08. The molecule has 0 radical (unpaired) electrons. The quantitative estimate of drug-likeness (QED) is 0.119. The number of para-hydroxylation sites is 2. The number of benzene rings is 8. The Kier molecular flexibility index (Phi) is 7.71. The zero-order chi connectivity index (χ0) is 36.2. The van der Waals surface area contributed by atoms with Gasteiger partial charge in [-0.2, -0.15) is 0 Å². The largest absolute Gasteiger partial charge is 0.456 e. The molecule has 258 valence electrons. The van der Waals surface area contributed by atoms with E-state index in [0.29, 0.717) is 5.54 Å². The van der Waals surface area contributed by atoms with E-state index >= 15 is 0 Å². The van der Waals surface area contributed by atoms with Crippen molar-refractivity contribution in [1.29, 1.82) is 0 Å². The monoisotopic (exact) mass is 709 g/mol. The van der Waals surface area contributed by atoms with Crippen molar-refractivity contribution >= 4 is 67.4 Å². The van der Waals surface area contributed by atoms with Crippen molar-refractivity contribution in [3.63, 3.8) is 0 Å². The molecule has 2 nitrogen and oxygen atoms in total. The molecule has 10 rings (SSSR count). The van der Waals surface area contributed by atoms with Gasteiger partial charge in [0.1, 0.15) is 11.2 Å². The lowest BCUT2D eigenvalue weighted by Gasteiger charge is -2.37. The predicted octanol–water partition coefficient (Wildman–Crippen LogP) is 11.9. The molecule has 0 aliphatic rings. The lowest BCUT2D eigenvalue weighted by Crippen LogP contribution is -2.69. The van der Waals surface area contributed by atoms with Crippen LogP contribution in [-0.4, -0.2) is 12.6 Å². The van der Waals surface area contributed by atoms with Gasteiger partial charge in [-0.05, 0) is 91.9 Å². The van der Waals surface area contributed by atoms with Gasteiger partial charge in [0.2, 0.25) is 0 Å². The number of hydrogen-bond acceptors (Lipinski definition) is 1. The van der Waals surface area contributed by atoms with Gasteiger partial charge < -0.3 is 8.98 Å². The highest BCUT2D eigenvalue weighted by molar-refractivity contribution is 7.12. The molecule has 0 spiro atoms. The third-order valence-electron chi connectivity index (χ3n) is 11.5. The van der Waals surface area contributed by atoms with Gasteiger partial charge in [0.05, 0.1) is 11.0 Å². The van der Waals surface area contributed by atoms with Crippen molar-refractivity contribution in [3.05, 3.63) is 194 Å². The minimum absolute atomic E-state index is 0.455. The molecule has 0 aliphatic carbocycles. The Morgan fingerprint density at radius 3 is 1.48 bits per heavy atom. The Morgan fingerprint density at radius 1 is 0.389 bits per heavy atom. The van der Waals surface area contributed by atoms with Crippen LogP contribution < -0.4 is 15.6 Å². The highest BCUT2D eigenvalue weighted by Gasteiger charge is 2.42. The molecule has 0 N–H and O–H groups in total. The van der Waals surface area contributed by atoms with Crippen LogP contribution in [0.2, 0.25) is 5.54 Å². The summed E-state index contributed by atoms with van der Waals surface area (Å²) in [6.45, 7) is 4.81. The van der Waals surface area contributed by atoms with Crippen LogP contribution in [0.3, 0.4) is 0 Å². The van der Waals surface area contributed by atoms with Crippen molar-refractivity contribution in [3.8, 4) is 27.9 Å². The van der Waals surface area contributed by atoms with Crippen LogP contribution in [-0.2, 0) is 0 Å². The molecule has 0 saturated carbocycles. The van der Waals surface area contributed by atoms with Gasteiger partial charge in [0.15, 0.2) is 8.07 Å². The van der Waals surface area contributed by atoms with Gasteiger partial charge in [-0.15, -0.1) is 0 Å². The number of nitrogens with zero attached hydrogens (tertiary/aromatic N) is 1. The smallest absolute Gasteiger partial charge is 0.150 e. The third-order valence-corrected chi connectivity index (χ3v) is 16.9. The second-order valence-corrected chi connectivity index (χ2v) is 19.2. The maximum atomic E-state index is 6.42. The summed E-state index contributed by atoms with van der Waals surface area (Å²) in [5.41, 5.74) is 10.6. The molecule has 10 aromatic rings. The molecule has 2 aromatic heterocycles. The average molecular weight is 710 g/mol. The van der Waals surface area contributed by atoms with Crippen LogP contribution in [0.1, 0.15) is 13.8 Å². The molecule has 54 heavy (non-hydrogen) atoms. The minimum Gasteiger partial charge on any atom is -0.456 e. The number of fused-ring (bicyclic) bond motifs is 6. The van der Waals surface area contributed by atoms with E-state index in [1.807, 2.05) is 0 Å². The zero-order valence-electron chi connectivity index (χ0n) is 30.4. The number of rotatable bonds is 7. The fourth-order valence-electron chi connectivity index (χ4n) is 9.01. The van der Waals surface area contributed by atoms with Gasteiger partial charge in [0.25, 0.3) is 0 Å². The Morgan fingerprint density at radius 2 is 0.870 bits per heavy atom. The second-order valence-electron chi connectivity index (χ2n) is 14.7. The molecule has 0 atom stereocenters. The Balaban J connectivity index is 1.08. The first-order valence-corrected chi connectivity index (χ1v) is 20.9. The van der Waals surface area contributed by atoms with Crippen molar-refractivity contribution in [2.75, 3.05) is 0 Å². The van der Waals surface area contributed by atoms with Crippen LogP contribution in [0.25, 0.3) is 71.7 Å². The second kappa shape index (κ2) is 12.9. The summed E-state index contributed by atoms with van der Waals surface area (Å²) in [7, 11) is -2.36. The van der Waals surface area contributed by atoms with E-state index in [-0.39, 0.29) is 0 Å². The van der Waals surface area contributed by atoms with Gasteiger partial charge in [0, 0.05) is 27.2 Å². The maximum absolute atomic E-state index is 6.42. The standard InChI is InChI=1S/C51H39NOSi/c1-35(2)54(41-18-5-3-6-19-41,42-20-7-4-8-21-42)43-22-14-17-38(32-43)36-15-13-16-37(31-36)39-27-29-50-46(33-39)47-34-40(28-30-51(47)53-50)52-48-25-11-9-23-44(48)45-24-10-12-26-49(45)52/h3-35H,1-2H3. The zero-order valence-corrected chi connectivity index (χ0v) is 31.4. The highest BCUT2D eigenvalue weighted by Crippen LogP contribution is 2.37. The topological polar surface area (TPSA) is 18.1 Å². The molecule has 0 saturated heterocycles. The Hall–Kier alpha value is -6.42. The summed E-state index contributed by atoms with van der Waals surface area (Å²) in [4.78, 5) is 0. The summed E-state index contributed by atoms with van der Waals surface area (Å²) in [6.07, 6.45) is 0. The van der Waals surface area contributed by atoms with Crippen molar-refractivity contribution in [2.45, 2.75) is 19.4 Å². The molecular weight excluding hydrogens is 671 g/mol. The van der Waals surface area contributed by atoms with Crippen molar-refractivity contribution in [1.82, 2.24) is 4.57 Å². The van der Waals surface area contributed by atoms with E-state index in [0.717, 1.165) is 27.6 Å². The Labute approximate surface area is 316 Å². The first-order valence-electron chi connectivity index (χ1n) is 18.9. The Bertz CT molecular complexity index is 2880. The molecule has 3 heteroatoms. The van der Waals surface area contributed by atoms with Gasteiger partial charge in [-0.3, -0.25) is 0 Å². The highest BCUT2D eigenvalue weighted by atomic mass is 28.3. The molecule has 0 fully saturated rings. The van der Waals surface area contributed by atoms with E-state index in [4.69, 9.17) is 4.42 Å². The first kappa shape index (κ1) is 32.2. The van der Waals surface area contributed by atoms with Crippen LogP contribution in [0.15, 0.2) is 199 Å². The van der Waals surface area contributed by atoms with Gasteiger partial charge in [-0.1, -0.05) is 159 Å². The molecule has 0 bridgehead atoms. The summed E-state index contributed by atoms with van der Waals surface area (Å²) >= 11 is 0. The van der Waals surface area contributed by atoms with Crippen LogP contribution in [0.4, 0.5) is 0 Å². The molecule has 0 unspecified atom stereocenters. The van der Waals surface area contributed by atoms with Crippen LogP contribution >= 0.6 is 0 Å². The van der Waals surface area contributed by atoms with E-state index in [2.05, 4.69) is 213 Å². The molecule has 0 aliphatic heterocycles. The van der Waals surface area contributed by atoms with Crippen LogP contribution in [0.5, 0.6) is 0 Å². The lowest BCUT2D eigenvalue weighted by atomic mass is 9.98. The summed E-state index contributed by atoms with van der Waals surface area (Å²) in [5.74, 6) is 0. The third kappa shape index (κ3) is 5.08. The van der Waals surface area contributed by atoms with E-state index in [1.54, 1.807) is 0 Å².